The Morgan fingerprint density at radius 1 is 1.21 bits per heavy atom. The zero-order valence-electron chi connectivity index (χ0n) is 24.3. The molecule has 0 radical (unpaired) electrons. The van der Waals surface area contributed by atoms with Gasteiger partial charge in [-0.2, -0.15) is 0 Å². The number of hydrogen-bond donors (Lipinski definition) is 3. The molecule has 42 heavy (non-hydrogen) atoms. The largest absolute Gasteiger partial charge is 0.488 e. The topological polar surface area (TPSA) is 154 Å². The molecular weight excluding hydrogens is 562 g/mol. The predicted molar refractivity (Wildman–Crippen MR) is 157 cm³/mol. The molecule has 2 heterocycles. The summed E-state index contributed by atoms with van der Waals surface area (Å²) in [5, 5.41) is 16.6. The number of carbonyl (C=O) groups is 2. The molecule has 1 aliphatic rings. The van der Waals surface area contributed by atoms with Gasteiger partial charge in [-0.05, 0) is 51.1 Å². The SMILES string of the molecule is Cc1noc(C)c1NC(=O)N(C)C[C@@H]1Oc2ccc(NS(=O)(=O)c3ccccc3)cc2CC(=O)N([C@H](C)CO)C[C@H]1C. The Bertz CT molecular complexity index is 1510. The first-order valence-electron chi connectivity index (χ1n) is 13.6. The molecule has 3 atom stereocenters. The van der Waals surface area contributed by atoms with Gasteiger partial charge in [0, 0.05) is 30.8 Å². The summed E-state index contributed by atoms with van der Waals surface area (Å²) in [6.45, 7) is 7.34. The number of likely N-dealkylation sites (N-methyl/N-ethyl adjacent to an activating group) is 1. The molecule has 0 unspecified atom stereocenters. The third kappa shape index (κ3) is 7.02. The highest BCUT2D eigenvalue weighted by Gasteiger charge is 2.32. The number of nitrogens with one attached hydrogen (secondary N) is 2. The highest BCUT2D eigenvalue weighted by atomic mass is 32.2. The highest BCUT2D eigenvalue weighted by molar-refractivity contribution is 7.92. The molecule has 4 rings (SSSR count). The summed E-state index contributed by atoms with van der Waals surface area (Å²) < 4.78 is 40.0. The number of benzene rings is 2. The second-order valence-electron chi connectivity index (χ2n) is 10.6. The minimum absolute atomic E-state index is 0.0671. The van der Waals surface area contributed by atoms with Crippen molar-refractivity contribution in [2.24, 2.45) is 5.92 Å². The number of aryl methyl sites for hydroxylation is 2. The standard InChI is InChI=1S/C29H37N5O7S/c1-18-15-34(19(2)17-35)27(36)14-22-13-23(32-42(38,39)24-9-7-6-8-10-24)11-12-25(22)40-26(18)16-33(5)29(37)30-28-20(3)31-41-21(28)4/h6-13,18-19,26,32,35H,14-17H2,1-5H3,(H,30,37)/t18-,19-,26+/m1/s1. The van der Waals surface area contributed by atoms with Gasteiger partial charge >= 0.3 is 6.03 Å². The van der Waals surface area contributed by atoms with Gasteiger partial charge in [-0.3, -0.25) is 9.52 Å². The van der Waals surface area contributed by atoms with Crippen molar-refractivity contribution < 1.29 is 32.4 Å². The quantitative estimate of drug-likeness (QED) is 0.356. The summed E-state index contributed by atoms with van der Waals surface area (Å²) in [4.78, 5) is 29.7. The van der Waals surface area contributed by atoms with Gasteiger partial charge in [-0.1, -0.05) is 30.3 Å². The van der Waals surface area contributed by atoms with Crippen molar-refractivity contribution in [3.05, 3.63) is 65.5 Å². The fourth-order valence-corrected chi connectivity index (χ4v) is 5.81. The molecule has 1 aliphatic heterocycles. The molecule has 13 heteroatoms. The summed E-state index contributed by atoms with van der Waals surface area (Å²) >= 11 is 0. The number of hydrogen-bond acceptors (Lipinski definition) is 8. The van der Waals surface area contributed by atoms with Crippen LogP contribution in [0.1, 0.15) is 30.9 Å². The molecule has 3 N–H and O–H groups in total. The number of urea groups is 1. The monoisotopic (exact) mass is 599 g/mol. The van der Waals surface area contributed by atoms with Crippen LogP contribution in [0.15, 0.2) is 57.9 Å². The number of sulfonamides is 1. The maximum absolute atomic E-state index is 13.5. The molecule has 0 saturated carbocycles. The first kappa shape index (κ1) is 30.8. The van der Waals surface area contributed by atoms with Gasteiger partial charge in [0.2, 0.25) is 5.91 Å². The van der Waals surface area contributed by atoms with E-state index >= 15 is 0 Å². The lowest BCUT2D eigenvalue weighted by molar-refractivity contribution is -0.134. The molecule has 0 saturated heterocycles. The van der Waals surface area contributed by atoms with Crippen molar-refractivity contribution in [2.45, 2.75) is 51.2 Å². The van der Waals surface area contributed by atoms with Crippen LogP contribution in [0.4, 0.5) is 16.2 Å². The van der Waals surface area contributed by atoms with Crippen molar-refractivity contribution in [1.29, 1.82) is 0 Å². The number of carbonyl (C=O) groups excluding carboxylic acids is 2. The Balaban J connectivity index is 1.62. The molecule has 12 nitrogen and oxygen atoms in total. The van der Waals surface area contributed by atoms with Gasteiger partial charge in [0.15, 0.2) is 5.76 Å². The first-order valence-corrected chi connectivity index (χ1v) is 15.1. The Morgan fingerprint density at radius 2 is 1.93 bits per heavy atom. The van der Waals surface area contributed by atoms with Crippen LogP contribution >= 0.6 is 0 Å². The zero-order valence-corrected chi connectivity index (χ0v) is 25.1. The Kier molecular flexibility index (Phi) is 9.42. The molecular formula is C29H37N5O7S. The normalized spacial score (nSPS) is 18.1. The van der Waals surface area contributed by atoms with E-state index in [1.54, 1.807) is 69.1 Å². The van der Waals surface area contributed by atoms with E-state index in [1.165, 1.54) is 17.0 Å². The van der Waals surface area contributed by atoms with Crippen LogP contribution in [-0.4, -0.2) is 79.3 Å². The fourth-order valence-electron chi connectivity index (χ4n) is 4.74. The average molecular weight is 600 g/mol. The Morgan fingerprint density at radius 3 is 2.57 bits per heavy atom. The smallest absolute Gasteiger partial charge is 0.321 e. The van der Waals surface area contributed by atoms with Gasteiger partial charge < -0.3 is 29.5 Å². The summed E-state index contributed by atoms with van der Waals surface area (Å²) in [5.74, 6) is 0.419. The van der Waals surface area contributed by atoms with Crippen LogP contribution in [-0.2, 0) is 21.2 Å². The number of nitrogens with zero attached hydrogens (tertiary/aromatic N) is 3. The van der Waals surface area contributed by atoms with Crippen molar-refractivity contribution >= 4 is 33.3 Å². The van der Waals surface area contributed by atoms with E-state index in [-0.39, 0.29) is 54.6 Å². The van der Waals surface area contributed by atoms with Crippen LogP contribution in [0.5, 0.6) is 5.75 Å². The number of aromatic nitrogens is 1. The van der Waals surface area contributed by atoms with E-state index < -0.39 is 22.2 Å². The van der Waals surface area contributed by atoms with Gasteiger partial charge in [0.25, 0.3) is 10.0 Å². The second kappa shape index (κ2) is 12.8. The Labute approximate surface area is 245 Å². The Hall–Kier alpha value is -4.10. The molecule has 0 bridgehead atoms. The third-order valence-electron chi connectivity index (χ3n) is 7.29. The minimum Gasteiger partial charge on any atom is -0.488 e. The zero-order chi connectivity index (χ0) is 30.6. The molecule has 226 valence electrons. The van der Waals surface area contributed by atoms with Crippen LogP contribution in [0, 0.1) is 19.8 Å². The summed E-state index contributed by atoms with van der Waals surface area (Å²) in [6.07, 6.45) is -0.613. The fraction of sp³-hybridized carbons (Fsp3) is 0.414. The molecule has 0 fully saturated rings. The molecule has 3 amide bonds. The molecule has 0 spiro atoms. The van der Waals surface area contributed by atoms with Gasteiger partial charge in [-0.25, -0.2) is 13.2 Å². The molecule has 1 aromatic heterocycles. The first-order chi connectivity index (χ1) is 19.9. The molecule has 3 aromatic rings. The van der Waals surface area contributed by atoms with Gasteiger partial charge in [0.1, 0.15) is 23.2 Å². The third-order valence-corrected chi connectivity index (χ3v) is 8.69. The summed E-state index contributed by atoms with van der Waals surface area (Å²) in [7, 11) is -2.22. The average Bonchev–Trinajstić information content (AvgIpc) is 3.29. The number of amides is 3. The maximum atomic E-state index is 13.5. The lowest BCUT2D eigenvalue weighted by Crippen LogP contribution is -2.48. The minimum atomic E-state index is -3.86. The predicted octanol–water partition coefficient (Wildman–Crippen LogP) is 3.41. The molecule has 2 aromatic carbocycles. The molecule has 0 aliphatic carbocycles. The number of anilines is 2. The van der Waals surface area contributed by atoms with E-state index in [1.807, 2.05) is 6.92 Å². The number of aliphatic hydroxyl groups is 1. The number of ether oxygens (including phenoxy) is 1. The van der Waals surface area contributed by atoms with E-state index in [9.17, 15) is 23.1 Å². The summed E-state index contributed by atoms with van der Waals surface area (Å²) in [6, 6.07) is 11.9. The second-order valence-corrected chi connectivity index (χ2v) is 12.3. The van der Waals surface area contributed by atoms with Crippen LogP contribution in [0.25, 0.3) is 0 Å². The van der Waals surface area contributed by atoms with Crippen LogP contribution in [0.3, 0.4) is 0 Å². The van der Waals surface area contributed by atoms with Gasteiger partial charge in [-0.15, -0.1) is 0 Å². The van der Waals surface area contributed by atoms with E-state index in [2.05, 4.69) is 15.2 Å². The number of rotatable bonds is 8. The lowest BCUT2D eigenvalue weighted by Gasteiger charge is -2.34. The highest BCUT2D eigenvalue weighted by Crippen LogP contribution is 2.30. The number of aliphatic hydroxyl groups excluding tert-OH is 1. The van der Waals surface area contributed by atoms with Crippen LogP contribution in [0.2, 0.25) is 0 Å². The number of fused-ring (bicyclic) bond motifs is 1. The van der Waals surface area contributed by atoms with Crippen molar-refractivity contribution in [3.8, 4) is 5.75 Å². The van der Waals surface area contributed by atoms with Crippen molar-refractivity contribution in [2.75, 3.05) is 36.8 Å². The summed E-state index contributed by atoms with van der Waals surface area (Å²) in [5.41, 5.74) is 1.81. The van der Waals surface area contributed by atoms with E-state index in [0.29, 0.717) is 28.5 Å². The maximum Gasteiger partial charge on any atom is 0.321 e. The van der Waals surface area contributed by atoms with Crippen molar-refractivity contribution in [1.82, 2.24) is 15.0 Å². The lowest BCUT2D eigenvalue weighted by atomic mass is 10.0. The van der Waals surface area contributed by atoms with E-state index in [0.717, 1.165) is 0 Å². The van der Waals surface area contributed by atoms with Crippen LogP contribution < -0.4 is 14.8 Å². The van der Waals surface area contributed by atoms with Crippen molar-refractivity contribution in [3.63, 3.8) is 0 Å². The van der Waals surface area contributed by atoms with E-state index in [4.69, 9.17) is 9.26 Å². The van der Waals surface area contributed by atoms with Gasteiger partial charge in [0.05, 0.1) is 30.5 Å².